The fourth-order valence-electron chi connectivity index (χ4n) is 6.78. The van der Waals surface area contributed by atoms with Gasteiger partial charge in [-0.3, -0.25) is 0 Å². The van der Waals surface area contributed by atoms with Crippen LogP contribution in [-0.4, -0.2) is 87.8 Å². The minimum Gasteiger partial charge on any atom is -0.482 e. The number of likely N-dealkylation sites (tertiary alicyclic amines) is 2. The van der Waals surface area contributed by atoms with E-state index in [0.29, 0.717) is 30.7 Å². The van der Waals surface area contributed by atoms with E-state index in [4.69, 9.17) is 14.5 Å². The van der Waals surface area contributed by atoms with Crippen molar-refractivity contribution in [2.75, 3.05) is 52.5 Å². The van der Waals surface area contributed by atoms with Gasteiger partial charge in [-0.1, -0.05) is 26.0 Å². The van der Waals surface area contributed by atoms with Crippen molar-refractivity contribution >= 4 is 5.97 Å². The molecule has 2 aromatic heterocycles. The first kappa shape index (κ1) is 32.2. The Kier molecular flexibility index (Phi) is 11.5. The maximum Gasteiger partial charge on any atom is 0.344 e. The molecule has 1 spiro atoms. The first-order chi connectivity index (χ1) is 21.4. The molecule has 0 saturated carbocycles. The smallest absolute Gasteiger partial charge is 0.344 e. The summed E-state index contributed by atoms with van der Waals surface area (Å²) in [4.78, 5) is 29.5. The number of benzene rings is 1. The highest BCUT2D eigenvalue weighted by Gasteiger charge is 2.40. The molecule has 0 aliphatic carbocycles. The van der Waals surface area contributed by atoms with Crippen LogP contribution < -0.4 is 10.1 Å². The molecule has 1 unspecified atom stereocenters. The van der Waals surface area contributed by atoms with Gasteiger partial charge in [0.25, 0.3) is 0 Å². The van der Waals surface area contributed by atoms with Crippen molar-refractivity contribution in [2.45, 2.75) is 72.0 Å². The third kappa shape index (κ3) is 9.15. The Morgan fingerprint density at radius 3 is 2.52 bits per heavy atom. The van der Waals surface area contributed by atoms with Crippen molar-refractivity contribution in [3.05, 3.63) is 66.3 Å². The summed E-state index contributed by atoms with van der Waals surface area (Å²) in [5.74, 6) is 3.00. The van der Waals surface area contributed by atoms with Crippen molar-refractivity contribution in [2.24, 2.45) is 11.3 Å². The monoisotopic (exact) mass is 605 g/mol. The molecule has 0 bridgehead atoms. The molecular weight excluding hydrogens is 554 g/mol. The lowest BCUT2D eigenvalue weighted by Gasteiger charge is -2.40. The fraction of sp³-hybridized carbons (Fsp3) is 0.618. The number of H-pyrrole nitrogens is 1. The van der Waals surface area contributed by atoms with Crippen LogP contribution in [0.25, 0.3) is 0 Å². The van der Waals surface area contributed by atoms with Gasteiger partial charge in [-0.15, -0.1) is 0 Å². The van der Waals surface area contributed by atoms with Crippen LogP contribution in [0.15, 0.2) is 49.1 Å². The highest BCUT2D eigenvalue weighted by atomic mass is 16.6. The summed E-state index contributed by atoms with van der Waals surface area (Å²) in [6, 6.07) is 7.80. The van der Waals surface area contributed by atoms with E-state index < -0.39 is 0 Å². The Balaban J connectivity index is 1.12. The van der Waals surface area contributed by atoms with Crippen molar-refractivity contribution in [1.29, 1.82) is 0 Å². The van der Waals surface area contributed by atoms with Crippen LogP contribution in [0.4, 0.5) is 0 Å². The SMILES string of the molecule is CCOC(=O)COc1ccc(CNC(Cc2ncc[nH]2)c2nccn2CCCN2CCC3(CCN(CC(C)C)CC3)C2)cc1. The number of aromatic nitrogens is 4. The number of carbonyl (C=O) groups excluding carboxylic acids is 1. The van der Waals surface area contributed by atoms with E-state index in [9.17, 15) is 4.79 Å². The molecule has 10 heteroatoms. The number of hydrogen-bond acceptors (Lipinski definition) is 8. The minimum atomic E-state index is -0.364. The number of aryl methyl sites for hydroxylation is 1. The van der Waals surface area contributed by atoms with Crippen LogP contribution in [0.2, 0.25) is 0 Å². The lowest BCUT2D eigenvalue weighted by Crippen LogP contribution is -2.42. The second kappa shape index (κ2) is 15.7. The molecular formula is C34H51N7O3. The first-order valence-electron chi connectivity index (χ1n) is 16.5. The number of rotatable bonds is 16. The Hall–Kier alpha value is -3.21. The minimum absolute atomic E-state index is 0.00182. The zero-order valence-electron chi connectivity index (χ0n) is 26.8. The third-order valence-electron chi connectivity index (χ3n) is 9.08. The van der Waals surface area contributed by atoms with Crippen LogP contribution in [-0.2, 0) is 29.0 Å². The number of ether oxygens (including phenoxy) is 2. The van der Waals surface area contributed by atoms with E-state index in [1.807, 2.05) is 36.7 Å². The van der Waals surface area contributed by atoms with Crippen molar-refractivity contribution in [1.82, 2.24) is 34.6 Å². The van der Waals surface area contributed by atoms with Gasteiger partial charge in [0.1, 0.15) is 17.4 Å². The van der Waals surface area contributed by atoms with E-state index in [1.165, 1.54) is 52.0 Å². The molecule has 4 heterocycles. The number of aromatic amines is 1. The maximum atomic E-state index is 11.6. The summed E-state index contributed by atoms with van der Waals surface area (Å²) in [7, 11) is 0. The van der Waals surface area contributed by atoms with Crippen LogP contribution in [0.1, 0.15) is 69.7 Å². The summed E-state index contributed by atoms with van der Waals surface area (Å²) in [5, 5.41) is 3.72. The zero-order valence-corrected chi connectivity index (χ0v) is 26.8. The molecule has 10 nitrogen and oxygen atoms in total. The molecule has 44 heavy (non-hydrogen) atoms. The van der Waals surface area contributed by atoms with Gasteiger partial charge >= 0.3 is 5.97 Å². The number of imidazole rings is 2. The van der Waals surface area contributed by atoms with Gasteiger partial charge in [0, 0.05) is 57.4 Å². The van der Waals surface area contributed by atoms with E-state index >= 15 is 0 Å². The number of nitrogens with zero attached hydrogens (tertiary/aromatic N) is 5. The molecule has 3 aromatic rings. The molecule has 240 valence electrons. The van der Waals surface area contributed by atoms with Crippen LogP contribution >= 0.6 is 0 Å². The van der Waals surface area contributed by atoms with Gasteiger partial charge in [-0.2, -0.15) is 0 Å². The molecule has 2 fully saturated rings. The van der Waals surface area contributed by atoms with E-state index in [1.54, 1.807) is 13.1 Å². The Labute approximate surface area is 262 Å². The number of hydrogen-bond donors (Lipinski definition) is 2. The molecule has 2 N–H and O–H groups in total. The molecule has 1 atom stereocenters. The van der Waals surface area contributed by atoms with E-state index in [0.717, 1.165) is 42.6 Å². The van der Waals surface area contributed by atoms with Crippen molar-refractivity contribution in [3.63, 3.8) is 0 Å². The second-order valence-corrected chi connectivity index (χ2v) is 13.0. The molecule has 2 aliphatic heterocycles. The molecule has 2 saturated heterocycles. The molecule has 0 radical (unpaired) electrons. The van der Waals surface area contributed by atoms with E-state index in [2.05, 4.69) is 49.7 Å². The summed E-state index contributed by atoms with van der Waals surface area (Å²) in [6.07, 6.45) is 13.6. The number of esters is 1. The molecule has 0 amide bonds. The summed E-state index contributed by atoms with van der Waals surface area (Å²) in [5.41, 5.74) is 1.66. The van der Waals surface area contributed by atoms with Crippen molar-refractivity contribution < 1.29 is 14.3 Å². The number of carbonyl (C=O) groups is 1. The van der Waals surface area contributed by atoms with Gasteiger partial charge in [0.2, 0.25) is 0 Å². The maximum absolute atomic E-state index is 11.6. The van der Waals surface area contributed by atoms with Gasteiger partial charge in [0.15, 0.2) is 6.61 Å². The summed E-state index contributed by atoms with van der Waals surface area (Å²) < 4.78 is 12.8. The fourth-order valence-corrected chi connectivity index (χ4v) is 6.78. The van der Waals surface area contributed by atoms with Gasteiger partial charge in [-0.25, -0.2) is 14.8 Å². The number of nitrogens with one attached hydrogen (secondary N) is 2. The normalized spacial score (nSPS) is 17.8. The Bertz CT molecular complexity index is 1270. The number of piperidine rings is 1. The van der Waals surface area contributed by atoms with Crippen molar-refractivity contribution in [3.8, 4) is 5.75 Å². The highest BCUT2D eigenvalue weighted by molar-refractivity contribution is 5.71. The molecule has 5 rings (SSSR count). The Morgan fingerprint density at radius 1 is 1.05 bits per heavy atom. The summed E-state index contributed by atoms with van der Waals surface area (Å²) in [6.45, 7) is 15.7. The van der Waals surface area contributed by atoms with Gasteiger partial charge in [0.05, 0.1) is 12.6 Å². The Morgan fingerprint density at radius 2 is 1.82 bits per heavy atom. The average Bonchev–Trinajstić information content (AvgIpc) is 3.79. The quantitative estimate of drug-likeness (QED) is 0.231. The molecule has 1 aromatic carbocycles. The van der Waals surface area contributed by atoms with Crippen LogP contribution in [0.3, 0.4) is 0 Å². The second-order valence-electron chi connectivity index (χ2n) is 13.0. The topological polar surface area (TPSA) is 101 Å². The van der Waals surface area contributed by atoms with Gasteiger partial charge < -0.3 is 34.1 Å². The third-order valence-corrected chi connectivity index (χ3v) is 9.08. The predicted octanol–water partition coefficient (Wildman–Crippen LogP) is 4.46. The van der Waals surface area contributed by atoms with Gasteiger partial charge in [-0.05, 0) is 87.8 Å². The zero-order chi connectivity index (χ0) is 30.8. The molecule has 2 aliphatic rings. The van der Waals surface area contributed by atoms with E-state index in [-0.39, 0.29) is 18.6 Å². The average molecular weight is 606 g/mol. The largest absolute Gasteiger partial charge is 0.482 e. The van der Waals surface area contributed by atoms with Crippen LogP contribution in [0.5, 0.6) is 5.75 Å². The standard InChI is InChI=1S/C34H51N7O3/c1-4-43-32(42)25-44-29-8-6-28(7-9-29)23-38-30(22-31-35-13-14-36-31)33-37-15-21-41(33)17-5-16-40-20-12-34(26-40)10-18-39(19-11-34)24-27(2)3/h6-9,13-15,21,27,30,38H,4-5,10-12,16-20,22-26H2,1-3H3,(H,35,36). The predicted molar refractivity (Wildman–Crippen MR) is 171 cm³/mol. The highest BCUT2D eigenvalue weighted by Crippen LogP contribution is 2.40. The summed E-state index contributed by atoms with van der Waals surface area (Å²) >= 11 is 0. The van der Waals surface area contributed by atoms with Crippen LogP contribution in [0, 0.1) is 11.3 Å². The lowest BCUT2D eigenvalue weighted by molar-refractivity contribution is -0.145. The first-order valence-corrected chi connectivity index (χ1v) is 16.5. The lowest BCUT2D eigenvalue weighted by atomic mass is 9.77.